The highest BCUT2D eigenvalue weighted by Gasteiger charge is 2.20. The number of rotatable bonds is 4. The van der Waals surface area contributed by atoms with Gasteiger partial charge in [-0.05, 0) is 32.4 Å². The Labute approximate surface area is 116 Å². The van der Waals surface area contributed by atoms with Crippen molar-refractivity contribution in [2.45, 2.75) is 39.3 Å². The second kappa shape index (κ2) is 5.57. The first-order valence-corrected chi connectivity index (χ1v) is 7.22. The molecule has 0 radical (unpaired) electrons. The summed E-state index contributed by atoms with van der Waals surface area (Å²) < 4.78 is 2.46. The molecule has 102 valence electrons. The zero-order chi connectivity index (χ0) is 14.0. The van der Waals surface area contributed by atoms with Gasteiger partial charge in [0.05, 0.1) is 10.1 Å². The molecule has 1 aromatic carbocycles. The van der Waals surface area contributed by atoms with Crippen LogP contribution in [0.15, 0.2) is 29.1 Å². The molecule has 0 aliphatic rings. The molecule has 2 aromatic rings. The largest absolute Gasteiger partial charge is 0.352 e. The van der Waals surface area contributed by atoms with E-state index >= 15 is 0 Å². The molecule has 0 unspecified atom stereocenters. The van der Waals surface area contributed by atoms with Crippen molar-refractivity contribution in [1.82, 2.24) is 9.27 Å². The fourth-order valence-electron chi connectivity index (χ4n) is 1.82. The summed E-state index contributed by atoms with van der Waals surface area (Å²) in [6.07, 6.45) is 0.875. The summed E-state index contributed by atoms with van der Waals surface area (Å²) in [6.45, 7) is 5.73. The van der Waals surface area contributed by atoms with Gasteiger partial charge in [0.2, 0.25) is 5.91 Å². The van der Waals surface area contributed by atoms with Gasteiger partial charge in [-0.3, -0.25) is 13.5 Å². The molecule has 4 nitrogen and oxygen atoms in total. The van der Waals surface area contributed by atoms with Gasteiger partial charge in [-0.1, -0.05) is 30.6 Å². The number of nitrogens with zero attached hydrogens (tertiary/aromatic N) is 1. The predicted octanol–water partition coefficient (Wildman–Crippen LogP) is 2.54. The number of benzene rings is 1. The topological polar surface area (TPSA) is 51.1 Å². The Morgan fingerprint density at radius 1 is 1.37 bits per heavy atom. The maximum absolute atomic E-state index is 12.2. The van der Waals surface area contributed by atoms with Crippen LogP contribution in [0.4, 0.5) is 0 Å². The number of aromatic nitrogens is 1. The van der Waals surface area contributed by atoms with Gasteiger partial charge in [-0.25, -0.2) is 0 Å². The summed E-state index contributed by atoms with van der Waals surface area (Å²) in [7, 11) is 0. The Morgan fingerprint density at radius 3 is 2.68 bits per heavy atom. The molecule has 1 heterocycles. The molecule has 1 N–H and O–H groups in total. The SMILES string of the molecule is CC[C@@H](C)NC(=O)[C@@H](C)n1sc2ccccc2c1=O. The van der Waals surface area contributed by atoms with Gasteiger partial charge in [0.25, 0.3) is 5.56 Å². The minimum Gasteiger partial charge on any atom is -0.352 e. The van der Waals surface area contributed by atoms with Gasteiger partial charge in [-0.2, -0.15) is 0 Å². The predicted molar refractivity (Wildman–Crippen MR) is 78.7 cm³/mol. The number of carbonyl (C=O) groups is 1. The first-order valence-electron chi connectivity index (χ1n) is 6.45. The lowest BCUT2D eigenvalue weighted by Crippen LogP contribution is -2.38. The van der Waals surface area contributed by atoms with Crippen LogP contribution in [-0.2, 0) is 4.79 Å². The van der Waals surface area contributed by atoms with Crippen molar-refractivity contribution in [3.8, 4) is 0 Å². The van der Waals surface area contributed by atoms with Gasteiger partial charge in [-0.15, -0.1) is 0 Å². The van der Waals surface area contributed by atoms with Crippen LogP contribution < -0.4 is 10.9 Å². The highest BCUT2D eigenvalue weighted by atomic mass is 32.1. The normalized spacial score (nSPS) is 14.3. The molecule has 0 saturated carbocycles. The maximum Gasteiger partial charge on any atom is 0.269 e. The van der Waals surface area contributed by atoms with Gasteiger partial charge < -0.3 is 5.32 Å². The molecule has 1 aromatic heterocycles. The van der Waals surface area contributed by atoms with Crippen LogP contribution in [0.5, 0.6) is 0 Å². The summed E-state index contributed by atoms with van der Waals surface area (Å²) in [5.74, 6) is -0.108. The van der Waals surface area contributed by atoms with Crippen molar-refractivity contribution in [2.24, 2.45) is 0 Å². The van der Waals surface area contributed by atoms with Gasteiger partial charge in [0.1, 0.15) is 6.04 Å². The van der Waals surface area contributed by atoms with E-state index in [0.717, 1.165) is 11.1 Å². The van der Waals surface area contributed by atoms with E-state index in [4.69, 9.17) is 0 Å². The fraction of sp³-hybridized carbons (Fsp3) is 0.429. The first-order chi connectivity index (χ1) is 9.04. The van der Waals surface area contributed by atoms with Crippen LogP contribution in [-0.4, -0.2) is 15.9 Å². The molecule has 0 spiro atoms. The standard InChI is InChI=1S/C14H18N2O2S/c1-4-9(2)15-13(17)10(3)16-14(18)11-7-5-6-8-12(11)19-16/h5-10H,4H2,1-3H3,(H,15,17)/t9-,10-/m1/s1. The van der Waals surface area contributed by atoms with E-state index < -0.39 is 6.04 Å². The highest BCUT2D eigenvalue weighted by molar-refractivity contribution is 7.13. The Hall–Kier alpha value is -1.62. The molecular weight excluding hydrogens is 260 g/mol. The number of carbonyl (C=O) groups excluding carboxylic acids is 1. The number of hydrogen-bond acceptors (Lipinski definition) is 3. The number of nitrogens with one attached hydrogen (secondary N) is 1. The lowest BCUT2D eigenvalue weighted by atomic mass is 10.2. The molecular formula is C14H18N2O2S. The Morgan fingerprint density at radius 2 is 2.05 bits per heavy atom. The summed E-state index contributed by atoms with van der Waals surface area (Å²) in [6, 6.07) is 7.08. The zero-order valence-electron chi connectivity index (χ0n) is 11.3. The van der Waals surface area contributed by atoms with E-state index in [9.17, 15) is 9.59 Å². The van der Waals surface area contributed by atoms with E-state index in [-0.39, 0.29) is 17.5 Å². The van der Waals surface area contributed by atoms with Crippen LogP contribution in [0.3, 0.4) is 0 Å². The maximum atomic E-state index is 12.2. The minimum absolute atomic E-state index is 0.0904. The highest BCUT2D eigenvalue weighted by Crippen LogP contribution is 2.19. The van der Waals surface area contributed by atoms with Crippen LogP contribution in [0.2, 0.25) is 0 Å². The lowest BCUT2D eigenvalue weighted by molar-refractivity contribution is -0.124. The second-order valence-electron chi connectivity index (χ2n) is 4.71. The minimum atomic E-state index is -0.473. The van der Waals surface area contributed by atoms with E-state index in [1.54, 1.807) is 16.9 Å². The van der Waals surface area contributed by atoms with Crippen molar-refractivity contribution in [3.63, 3.8) is 0 Å². The third-order valence-electron chi connectivity index (χ3n) is 3.25. The van der Waals surface area contributed by atoms with E-state index in [2.05, 4.69) is 5.32 Å². The van der Waals surface area contributed by atoms with Crippen molar-refractivity contribution in [2.75, 3.05) is 0 Å². The first kappa shape index (κ1) is 13.8. The van der Waals surface area contributed by atoms with Gasteiger partial charge in [0, 0.05) is 6.04 Å². The van der Waals surface area contributed by atoms with Gasteiger partial charge in [0.15, 0.2) is 0 Å². The molecule has 1 amide bonds. The number of fused-ring (bicyclic) bond motifs is 1. The average molecular weight is 278 g/mol. The third-order valence-corrected chi connectivity index (χ3v) is 4.48. The molecule has 0 aliphatic carbocycles. The third kappa shape index (κ3) is 2.71. The molecule has 19 heavy (non-hydrogen) atoms. The van der Waals surface area contributed by atoms with Crippen LogP contribution >= 0.6 is 11.5 Å². The Bertz CT molecular complexity index is 644. The van der Waals surface area contributed by atoms with Crippen molar-refractivity contribution in [1.29, 1.82) is 0 Å². The summed E-state index contributed by atoms with van der Waals surface area (Å²) >= 11 is 1.34. The summed E-state index contributed by atoms with van der Waals surface area (Å²) in [5, 5.41) is 3.58. The Balaban J connectivity index is 2.31. The fourth-order valence-corrected chi connectivity index (χ4v) is 2.86. The van der Waals surface area contributed by atoms with Crippen molar-refractivity contribution >= 4 is 27.5 Å². The quantitative estimate of drug-likeness (QED) is 0.934. The molecule has 0 fully saturated rings. The Kier molecular flexibility index (Phi) is 4.04. The van der Waals surface area contributed by atoms with Crippen LogP contribution in [0.25, 0.3) is 10.1 Å². The van der Waals surface area contributed by atoms with E-state index in [0.29, 0.717) is 5.39 Å². The van der Waals surface area contributed by atoms with Gasteiger partial charge >= 0.3 is 0 Å². The monoisotopic (exact) mass is 278 g/mol. The number of hydrogen-bond donors (Lipinski definition) is 1. The molecule has 5 heteroatoms. The van der Waals surface area contributed by atoms with Crippen LogP contribution in [0.1, 0.15) is 33.2 Å². The second-order valence-corrected chi connectivity index (χ2v) is 5.73. The summed E-state index contributed by atoms with van der Waals surface area (Å²) in [4.78, 5) is 24.3. The zero-order valence-corrected chi connectivity index (χ0v) is 12.2. The van der Waals surface area contributed by atoms with E-state index in [1.165, 1.54) is 11.5 Å². The van der Waals surface area contributed by atoms with Crippen molar-refractivity contribution in [3.05, 3.63) is 34.6 Å². The number of amides is 1. The van der Waals surface area contributed by atoms with E-state index in [1.807, 2.05) is 32.0 Å². The van der Waals surface area contributed by atoms with Crippen molar-refractivity contribution < 1.29 is 4.79 Å². The smallest absolute Gasteiger partial charge is 0.269 e. The van der Waals surface area contributed by atoms with Crippen LogP contribution in [0, 0.1) is 0 Å². The molecule has 0 bridgehead atoms. The average Bonchev–Trinajstić information content (AvgIpc) is 2.75. The molecule has 0 aliphatic heterocycles. The lowest BCUT2D eigenvalue weighted by Gasteiger charge is -2.16. The molecule has 0 saturated heterocycles. The molecule has 2 rings (SSSR count). The summed E-state index contributed by atoms with van der Waals surface area (Å²) in [5.41, 5.74) is -0.0904. The molecule has 2 atom stereocenters.